The lowest BCUT2D eigenvalue weighted by Crippen LogP contribution is -2.54. The van der Waals surface area contributed by atoms with Crippen molar-refractivity contribution >= 4 is 56.5 Å². The van der Waals surface area contributed by atoms with Crippen LogP contribution < -0.4 is 9.62 Å². The van der Waals surface area contributed by atoms with Gasteiger partial charge in [-0.15, -0.1) is 0 Å². The van der Waals surface area contributed by atoms with Gasteiger partial charge in [0, 0.05) is 24.6 Å². The fourth-order valence-corrected chi connectivity index (χ4v) is 5.43. The fraction of sp³-hybridized carbons (Fsp3) is 0.300. The molecule has 0 saturated carbocycles. The van der Waals surface area contributed by atoms with Crippen molar-refractivity contribution in [2.75, 3.05) is 17.1 Å². The highest BCUT2D eigenvalue weighted by molar-refractivity contribution is 7.92. The number of nitrogens with one attached hydrogen (secondary N) is 1. The molecule has 1 N–H and O–H groups in total. The van der Waals surface area contributed by atoms with E-state index in [0.717, 1.165) is 16.1 Å². The largest absolute Gasteiger partial charge is 0.352 e. The standard InChI is InChI=1S/C30H33Cl2N3O5S/c1-20(2)33-30(38)28(16-22-9-6-5-7-10-22)34(18-23-13-14-26(31)27(32)15-23)29(37)19-35(41(4,39)40)25-12-8-11-24(17-25)21(3)36/h5-15,17,20,28H,16,18-19H2,1-4H3,(H,33,38)/t28-/m1/s1. The minimum Gasteiger partial charge on any atom is -0.352 e. The van der Waals surface area contributed by atoms with Gasteiger partial charge in [-0.05, 0) is 56.2 Å². The first-order valence-electron chi connectivity index (χ1n) is 12.9. The molecule has 8 nitrogen and oxygen atoms in total. The number of halogens is 2. The van der Waals surface area contributed by atoms with Gasteiger partial charge in [-0.3, -0.25) is 18.7 Å². The van der Waals surface area contributed by atoms with Gasteiger partial charge >= 0.3 is 0 Å². The van der Waals surface area contributed by atoms with Crippen LogP contribution in [0.15, 0.2) is 72.8 Å². The summed E-state index contributed by atoms with van der Waals surface area (Å²) in [6.07, 6.45) is 1.17. The predicted octanol–water partition coefficient (Wildman–Crippen LogP) is 5.13. The molecule has 0 unspecified atom stereocenters. The summed E-state index contributed by atoms with van der Waals surface area (Å²) in [5, 5.41) is 3.50. The molecular weight excluding hydrogens is 585 g/mol. The van der Waals surface area contributed by atoms with E-state index in [0.29, 0.717) is 16.1 Å². The van der Waals surface area contributed by atoms with Crippen LogP contribution >= 0.6 is 23.2 Å². The lowest BCUT2D eigenvalue weighted by atomic mass is 10.0. The van der Waals surface area contributed by atoms with Gasteiger partial charge in [-0.25, -0.2) is 8.42 Å². The zero-order valence-electron chi connectivity index (χ0n) is 23.3. The van der Waals surface area contributed by atoms with Crippen molar-refractivity contribution in [1.29, 1.82) is 0 Å². The number of Topliss-reactive ketones (excluding diaryl/α,β-unsaturated/α-hetero) is 1. The number of anilines is 1. The molecule has 3 aromatic carbocycles. The van der Waals surface area contributed by atoms with Crippen LogP contribution in [0.3, 0.4) is 0 Å². The zero-order valence-corrected chi connectivity index (χ0v) is 25.6. The Morgan fingerprint density at radius 1 is 0.878 bits per heavy atom. The molecule has 0 heterocycles. The second kappa shape index (κ2) is 14.0. The summed E-state index contributed by atoms with van der Waals surface area (Å²) in [6.45, 7) is 4.37. The normalized spacial score (nSPS) is 12.1. The van der Waals surface area contributed by atoms with Crippen molar-refractivity contribution in [1.82, 2.24) is 10.2 Å². The average molecular weight is 619 g/mol. The van der Waals surface area contributed by atoms with Gasteiger partial charge < -0.3 is 10.2 Å². The number of hydrogen-bond acceptors (Lipinski definition) is 5. The lowest BCUT2D eigenvalue weighted by molar-refractivity contribution is -0.140. The Balaban J connectivity index is 2.09. The summed E-state index contributed by atoms with van der Waals surface area (Å²) in [7, 11) is -3.96. The molecule has 1 atom stereocenters. The lowest BCUT2D eigenvalue weighted by Gasteiger charge is -2.34. The van der Waals surface area contributed by atoms with E-state index in [4.69, 9.17) is 23.2 Å². The number of amides is 2. The maximum absolute atomic E-state index is 14.1. The van der Waals surface area contributed by atoms with Gasteiger partial charge in [0.25, 0.3) is 0 Å². The molecule has 0 aliphatic carbocycles. The minimum atomic E-state index is -3.96. The van der Waals surface area contributed by atoms with Gasteiger partial charge in [0.15, 0.2) is 5.78 Å². The first kappa shape index (κ1) is 32.1. The number of carbonyl (C=O) groups excluding carboxylic acids is 3. The summed E-state index contributed by atoms with van der Waals surface area (Å²) >= 11 is 12.4. The van der Waals surface area contributed by atoms with Crippen LogP contribution in [-0.2, 0) is 32.6 Å². The van der Waals surface area contributed by atoms with Gasteiger partial charge in [0.2, 0.25) is 21.8 Å². The predicted molar refractivity (Wildman–Crippen MR) is 163 cm³/mol. The Hall–Kier alpha value is -3.40. The van der Waals surface area contributed by atoms with Crippen molar-refractivity contribution in [2.45, 2.75) is 45.8 Å². The molecule has 0 aromatic heterocycles. The van der Waals surface area contributed by atoms with Crippen LogP contribution in [0.4, 0.5) is 5.69 Å². The number of ketones is 1. The van der Waals surface area contributed by atoms with E-state index in [1.54, 1.807) is 30.3 Å². The Labute approximate surface area is 251 Å². The number of carbonyl (C=O) groups is 3. The van der Waals surface area contributed by atoms with Crippen LogP contribution in [0, 0.1) is 0 Å². The minimum absolute atomic E-state index is 0.0379. The number of benzene rings is 3. The third kappa shape index (κ3) is 9.05. The number of hydrogen-bond donors (Lipinski definition) is 1. The summed E-state index contributed by atoms with van der Waals surface area (Å²) in [6, 6.07) is 19.0. The molecule has 0 bridgehead atoms. The smallest absolute Gasteiger partial charge is 0.244 e. The third-order valence-electron chi connectivity index (χ3n) is 6.26. The number of sulfonamides is 1. The van der Waals surface area contributed by atoms with E-state index >= 15 is 0 Å². The van der Waals surface area contributed by atoms with E-state index in [9.17, 15) is 22.8 Å². The summed E-state index contributed by atoms with van der Waals surface area (Å²) in [5.74, 6) is -1.25. The molecule has 0 radical (unpaired) electrons. The molecule has 0 aliphatic heterocycles. The SMILES string of the molecule is CC(=O)c1cccc(N(CC(=O)N(Cc2ccc(Cl)c(Cl)c2)[C@H](Cc2ccccc2)C(=O)NC(C)C)S(C)(=O)=O)c1. The zero-order chi connectivity index (χ0) is 30.3. The van der Waals surface area contributed by atoms with Crippen molar-refractivity contribution in [3.05, 3.63) is 99.5 Å². The van der Waals surface area contributed by atoms with Crippen molar-refractivity contribution in [2.24, 2.45) is 0 Å². The molecule has 41 heavy (non-hydrogen) atoms. The van der Waals surface area contributed by atoms with E-state index < -0.39 is 28.5 Å². The van der Waals surface area contributed by atoms with Gasteiger partial charge in [0.1, 0.15) is 12.6 Å². The van der Waals surface area contributed by atoms with Crippen LogP contribution in [0.25, 0.3) is 0 Å². The van der Waals surface area contributed by atoms with E-state index in [2.05, 4.69) is 5.32 Å². The second-order valence-corrected chi connectivity index (χ2v) is 12.7. The van der Waals surface area contributed by atoms with Gasteiger partial charge in [-0.2, -0.15) is 0 Å². The Morgan fingerprint density at radius 2 is 1.56 bits per heavy atom. The van der Waals surface area contributed by atoms with Crippen LogP contribution in [0.1, 0.15) is 42.3 Å². The first-order valence-corrected chi connectivity index (χ1v) is 15.5. The molecule has 11 heteroatoms. The second-order valence-electron chi connectivity index (χ2n) is 10.0. The highest BCUT2D eigenvalue weighted by Crippen LogP contribution is 2.25. The highest BCUT2D eigenvalue weighted by atomic mass is 35.5. The van der Waals surface area contributed by atoms with Crippen molar-refractivity contribution in [3.8, 4) is 0 Å². The molecule has 3 rings (SSSR count). The maximum atomic E-state index is 14.1. The molecule has 0 fully saturated rings. The Morgan fingerprint density at radius 3 is 2.15 bits per heavy atom. The Kier molecular flexibility index (Phi) is 11.0. The summed E-state index contributed by atoms with van der Waals surface area (Å²) < 4.78 is 26.8. The molecule has 2 amide bonds. The number of rotatable bonds is 12. The molecule has 0 saturated heterocycles. The average Bonchev–Trinajstić information content (AvgIpc) is 2.90. The van der Waals surface area contributed by atoms with Gasteiger partial charge in [-0.1, -0.05) is 71.7 Å². The molecule has 218 valence electrons. The third-order valence-corrected chi connectivity index (χ3v) is 8.14. The molecule has 0 spiro atoms. The molecule has 0 aliphatic rings. The highest BCUT2D eigenvalue weighted by Gasteiger charge is 2.33. The van der Waals surface area contributed by atoms with Crippen LogP contribution in [-0.4, -0.2) is 55.8 Å². The Bertz CT molecular complexity index is 1510. The topological polar surface area (TPSA) is 104 Å². The van der Waals surface area contributed by atoms with Crippen LogP contribution in [0.2, 0.25) is 10.0 Å². The summed E-state index contributed by atoms with van der Waals surface area (Å²) in [4.78, 5) is 41.0. The van der Waals surface area contributed by atoms with E-state index in [1.165, 1.54) is 24.0 Å². The summed E-state index contributed by atoms with van der Waals surface area (Å²) in [5.41, 5.74) is 1.88. The quantitative estimate of drug-likeness (QED) is 0.284. The molecule has 3 aromatic rings. The first-order chi connectivity index (χ1) is 19.3. The van der Waals surface area contributed by atoms with Crippen LogP contribution in [0.5, 0.6) is 0 Å². The van der Waals surface area contributed by atoms with E-state index in [1.807, 2.05) is 44.2 Å². The van der Waals surface area contributed by atoms with Crippen molar-refractivity contribution < 1.29 is 22.8 Å². The van der Waals surface area contributed by atoms with Gasteiger partial charge in [0.05, 0.1) is 22.0 Å². The maximum Gasteiger partial charge on any atom is 0.244 e. The fourth-order valence-electron chi connectivity index (χ4n) is 4.26. The van der Waals surface area contributed by atoms with Crippen molar-refractivity contribution in [3.63, 3.8) is 0 Å². The molecular formula is C30H33Cl2N3O5S. The monoisotopic (exact) mass is 617 g/mol. The van der Waals surface area contributed by atoms with E-state index in [-0.39, 0.29) is 41.4 Å². The number of nitrogens with zero attached hydrogens (tertiary/aromatic N) is 2.